The fourth-order valence-electron chi connectivity index (χ4n) is 2.04. The van der Waals surface area contributed by atoms with Crippen LogP contribution in [0.25, 0.3) is 0 Å². The first-order valence-electron chi connectivity index (χ1n) is 5.10. The van der Waals surface area contributed by atoms with Gasteiger partial charge in [0, 0.05) is 17.3 Å². The Morgan fingerprint density at radius 2 is 2.14 bits per heavy atom. The SMILES string of the molecule is C=N/C(=C\C=NCN)C1(C)CCCC1. The molecular formula is C11H19N3. The lowest BCUT2D eigenvalue weighted by molar-refractivity contribution is 0.411. The van der Waals surface area contributed by atoms with E-state index in [2.05, 4.69) is 23.6 Å². The van der Waals surface area contributed by atoms with Gasteiger partial charge in [0.05, 0.1) is 6.67 Å². The van der Waals surface area contributed by atoms with E-state index < -0.39 is 0 Å². The minimum absolute atomic E-state index is 0.211. The van der Waals surface area contributed by atoms with Crippen LogP contribution < -0.4 is 5.73 Å². The zero-order chi connectivity index (χ0) is 10.4. The number of hydrogen-bond donors (Lipinski definition) is 1. The molecule has 0 bridgehead atoms. The van der Waals surface area contributed by atoms with Crippen molar-refractivity contribution in [1.29, 1.82) is 0 Å². The molecule has 3 nitrogen and oxygen atoms in total. The van der Waals surface area contributed by atoms with Crippen LogP contribution in [0, 0.1) is 5.41 Å². The second-order valence-electron chi connectivity index (χ2n) is 3.99. The van der Waals surface area contributed by atoms with Gasteiger partial charge in [-0.3, -0.25) is 9.98 Å². The summed E-state index contributed by atoms with van der Waals surface area (Å²) >= 11 is 0. The second kappa shape index (κ2) is 5.05. The Morgan fingerprint density at radius 1 is 1.50 bits per heavy atom. The Bertz CT molecular complexity index is 247. The predicted molar refractivity (Wildman–Crippen MR) is 61.8 cm³/mol. The van der Waals surface area contributed by atoms with Crippen molar-refractivity contribution in [2.45, 2.75) is 32.6 Å². The summed E-state index contributed by atoms with van der Waals surface area (Å²) in [6.45, 7) is 6.20. The molecule has 1 fully saturated rings. The summed E-state index contributed by atoms with van der Waals surface area (Å²) in [5, 5.41) is 0. The lowest BCUT2D eigenvalue weighted by atomic mass is 9.85. The van der Waals surface area contributed by atoms with Crippen LogP contribution in [-0.4, -0.2) is 19.6 Å². The molecule has 0 aliphatic heterocycles. The average molecular weight is 193 g/mol. The van der Waals surface area contributed by atoms with E-state index in [-0.39, 0.29) is 5.41 Å². The lowest BCUT2D eigenvalue weighted by Gasteiger charge is -2.23. The van der Waals surface area contributed by atoms with Crippen LogP contribution in [-0.2, 0) is 0 Å². The highest BCUT2D eigenvalue weighted by Crippen LogP contribution is 2.43. The highest BCUT2D eigenvalue weighted by atomic mass is 14.8. The van der Waals surface area contributed by atoms with E-state index in [1.165, 1.54) is 25.7 Å². The molecule has 0 aromatic rings. The van der Waals surface area contributed by atoms with Gasteiger partial charge in [-0.2, -0.15) is 0 Å². The van der Waals surface area contributed by atoms with Crippen LogP contribution in [0.4, 0.5) is 0 Å². The summed E-state index contributed by atoms with van der Waals surface area (Å²) in [5.41, 5.74) is 6.53. The number of nitrogens with zero attached hydrogens (tertiary/aromatic N) is 2. The van der Waals surface area contributed by atoms with Gasteiger partial charge in [0.2, 0.25) is 0 Å². The number of rotatable bonds is 4. The molecule has 0 heterocycles. The molecular weight excluding hydrogens is 174 g/mol. The largest absolute Gasteiger partial charge is 0.312 e. The first-order chi connectivity index (χ1) is 6.73. The van der Waals surface area contributed by atoms with Crippen molar-refractivity contribution in [1.82, 2.24) is 0 Å². The van der Waals surface area contributed by atoms with Crippen molar-refractivity contribution in [2.24, 2.45) is 21.1 Å². The maximum atomic E-state index is 5.27. The smallest absolute Gasteiger partial charge is 0.0859 e. The molecule has 0 aromatic heterocycles. The fourth-order valence-corrected chi connectivity index (χ4v) is 2.04. The van der Waals surface area contributed by atoms with Crippen LogP contribution in [0.1, 0.15) is 32.6 Å². The van der Waals surface area contributed by atoms with Gasteiger partial charge in [0.25, 0.3) is 0 Å². The zero-order valence-corrected chi connectivity index (χ0v) is 8.87. The molecule has 1 aliphatic carbocycles. The summed E-state index contributed by atoms with van der Waals surface area (Å²) in [5.74, 6) is 0. The van der Waals surface area contributed by atoms with Gasteiger partial charge in [-0.05, 0) is 25.6 Å². The molecule has 1 saturated carbocycles. The van der Waals surface area contributed by atoms with Crippen LogP contribution in [0.5, 0.6) is 0 Å². The van der Waals surface area contributed by atoms with Gasteiger partial charge in [-0.15, -0.1) is 0 Å². The quantitative estimate of drug-likeness (QED) is 0.683. The lowest BCUT2D eigenvalue weighted by Crippen LogP contribution is -2.13. The second-order valence-corrected chi connectivity index (χ2v) is 3.99. The highest BCUT2D eigenvalue weighted by molar-refractivity contribution is 5.72. The van der Waals surface area contributed by atoms with Gasteiger partial charge >= 0.3 is 0 Å². The van der Waals surface area contributed by atoms with E-state index in [9.17, 15) is 0 Å². The molecule has 0 saturated heterocycles. The molecule has 1 rings (SSSR count). The zero-order valence-electron chi connectivity index (χ0n) is 8.87. The van der Waals surface area contributed by atoms with E-state index in [4.69, 9.17) is 5.73 Å². The molecule has 78 valence electrons. The van der Waals surface area contributed by atoms with Gasteiger partial charge in [0.15, 0.2) is 0 Å². The van der Waals surface area contributed by atoms with Gasteiger partial charge in [-0.1, -0.05) is 19.8 Å². The standard InChI is InChI=1S/C11H19N3/c1-11(6-3-4-7-11)10(13-2)5-8-14-9-12/h5,8H,2-4,6-7,9,12H2,1H3/b10-5-,14-8?. The molecule has 0 radical (unpaired) electrons. The summed E-state index contributed by atoms with van der Waals surface area (Å²) in [4.78, 5) is 8.04. The minimum Gasteiger partial charge on any atom is -0.312 e. The number of aliphatic imine (C=N–C) groups is 2. The number of hydrogen-bond acceptors (Lipinski definition) is 3. The monoisotopic (exact) mass is 193 g/mol. The van der Waals surface area contributed by atoms with E-state index in [1.54, 1.807) is 6.21 Å². The predicted octanol–water partition coefficient (Wildman–Crippen LogP) is 2.14. The molecule has 0 aromatic carbocycles. The van der Waals surface area contributed by atoms with Crippen molar-refractivity contribution in [3.63, 3.8) is 0 Å². The van der Waals surface area contributed by atoms with Crippen LogP contribution in [0.15, 0.2) is 21.8 Å². The Hall–Kier alpha value is -0.960. The normalized spacial score (nSPS) is 21.7. The molecule has 0 amide bonds. The Balaban J connectivity index is 2.74. The molecule has 0 atom stereocenters. The first-order valence-corrected chi connectivity index (χ1v) is 5.10. The van der Waals surface area contributed by atoms with Gasteiger partial charge in [-0.25, -0.2) is 0 Å². The van der Waals surface area contributed by atoms with E-state index in [1.807, 2.05) is 6.08 Å². The average Bonchev–Trinajstić information content (AvgIpc) is 2.61. The highest BCUT2D eigenvalue weighted by Gasteiger charge is 2.31. The number of allylic oxidation sites excluding steroid dienone is 2. The molecule has 14 heavy (non-hydrogen) atoms. The summed E-state index contributed by atoms with van der Waals surface area (Å²) in [7, 11) is 0. The molecule has 2 N–H and O–H groups in total. The third kappa shape index (κ3) is 2.51. The number of nitrogens with two attached hydrogens (primary N) is 1. The summed E-state index contributed by atoms with van der Waals surface area (Å²) in [6.07, 6.45) is 8.65. The first kappa shape index (κ1) is 11.1. The third-order valence-electron chi connectivity index (χ3n) is 2.94. The minimum atomic E-state index is 0.211. The summed E-state index contributed by atoms with van der Waals surface area (Å²) < 4.78 is 0. The van der Waals surface area contributed by atoms with Crippen molar-refractivity contribution >= 4 is 12.9 Å². The fraction of sp³-hybridized carbons (Fsp3) is 0.636. The van der Waals surface area contributed by atoms with Crippen LogP contribution in [0.3, 0.4) is 0 Å². The van der Waals surface area contributed by atoms with E-state index in [0.29, 0.717) is 6.67 Å². The van der Waals surface area contributed by atoms with Crippen molar-refractivity contribution in [3.8, 4) is 0 Å². The summed E-state index contributed by atoms with van der Waals surface area (Å²) in [6, 6.07) is 0. The van der Waals surface area contributed by atoms with E-state index in [0.717, 1.165) is 5.70 Å². The van der Waals surface area contributed by atoms with Crippen molar-refractivity contribution in [2.75, 3.05) is 6.67 Å². The van der Waals surface area contributed by atoms with Crippen molar-refractivity contribution in [3.05, 3.63) is 11.8 Å². The molecule has 3 heteroatoms. The van der Waals surface area contributed by atoms with E-state index >= 15 is 0 Å². The Morgan fingerprint density at radius 3 is 2.64 bits per heavy atom. The van der Waals surface area contributed by atoms with Crippen molar-refractivity contribution < 1.29 is 0 Å². The maximum absolute atomic E-state index is 5.27. The van der Waals surface area contributed by atoms with Gasteiger partial charge < -0.3 is 5.73 Å². The molecule has 0 spiro atoms. The van der Waals surface area contributed by atoms with Crippen LogP contribution in [0.2, 0.25) is 0 Å². The van der Waals surface area contributed by atoms with Gasteiger partial charge in [0.1, 0.15) is 0 Å². The molecule has 1 aliphatic rings. The topological polar surface area (TPSA) is 50.7 Å². The Kier molecular flexibility index (Phi) is 4.01. The van der Waals surface area contributed by atoms with Crippen LogP contribution >= 0.6 is 0 Å². The maximum Gasteiger partial charge on any atom is 0.0859 e. The molecule has 0 unspecified atom stereocenters. The third-order valence-corrected chi connectivity index (χ3v) is 2.94. The Labute approximate surface area is 85.8 Å².